The fraction of sp³-hybridized carbons (Fsp3) is 0.0714. The summed E-state index contributed by atoms with van der Waals surface area (Å²) in [4.78, 5) is 20.0. The lowest BCUT2D eigenvalue weighted by Gasteiger charge is -2.08. The number of hydrogen-bond acceptors (Lipinski definition) is 3. The van der Waals surface area contributed by atoms with Crippen molar-refractivity contribution in [3.8, 4) is 0 Å². The minimum Gasteiger partial charge on any atom is -0.288 e. The van der Waals surface area contributed by atoms with Gasteiger partial charge in [0.25, 0.3) is 5.56 Å². The maximum absolute atomic E-state index is 12.9. The van der Waals surface area contributed by atoms with Gasteiger partial charge in [0, 0.05) is 17.6 Å². The highest BCUT2D eigenvalue weighted by atomic mass is 19.1. The van der Waals surface area contributed by atoms with Crippen LogP contribution >= 0.6 is 0 Å². The number of rotatable bonds is 2. The summed E-state index contributed by atoms with van der Waals surface area (Å²) < 4.78 is 14.4. The van der Waals surface area contributed by atoms with E-state index in [1.54, 1.807) is 29.0 Å². The van der Waals surface area contributed by atoms with Crippen molar-refractivity contribution in [2.75, 3.05) is 0 Å². The minimum atomic E-state index is -0.295. The fourth-order valence-electron chi connectivity index (χ4n) is 1.96. The Morgan fingerprint density at radius 1 is 1.11 bits per heavy atom. The molecule has 0 saturated heterocycles. The maximum Gasteiger partial charge on any atom is 0.252 e. The second-order valence-electron chi connectivity index (χ2n) is 4.19. The van der Waals surface area contributed by atoms with E-state index >= 15 is 0 Å². The quantitative estimate of drug-likeness (QED) is 0.703. The highest BCUT2D eigenvalue weighted by Crippen LogP contribution is 2.10. The zero-order valence-corrected chi connectivity index (χ0v) is 9.95. The van der Waals surface area contributed by atoms with Crippen LogP contribution in [-0.4, -0.2) is 14.5 Å². The van der Waals surface area contributed by atoms with E-state index in [4.69, 9.17) is 0 Å². The Hall–Kier alpha value is -2.56. The van der Waals surface area contributed by atoms with Crippen LogP contribution in [0.1, 0.15) is 5.56 Å². The van der Waals surface area contributed by atoms with Crippen molar-refractivity contribution in [1.29, 1.82) is 0 Å². The van der Waals surface area contributed by atoms with Gasteiger partial charge in [0.05, 0.1) is 6.54 Å². The predicted octanol–water partition coefficient (Wildman–Crippen LogP) is 1.98. The Morgan fingerprint density at radius 3 is 2.68 bits per heavy atom. The Bertz CT molecular complexity index is 781. The minimum absolute atomic E-state index is 0.143. The Kier molecular flexibility index (Phi) is 2.79. The highest BCUT2D eigenvalue weighted by Gasteiger charge is 2.05. The van der Waals surface area contributed by atoms with Gasteiger partial charge < -0.3 is 0 Å². The van der Waals surface area contributed by atoms with Gasteiger partial charge in [-0.15, -0.1) is 0 Å². The van der Waals surface area contributed by atoms with Crippen molar-refractivity contribution >= 4 is 11.0 Å². The molecule has 0 saturated carbocycles. The molecular weight excluding hydrogens is 245 g/mol. The lowest BCUT2D eigenvalue weighted by molar-refractivity contribution is 0.626. The maximum atomic E-state index is 12.9. The van der Waals surface area contributed by atoms with E-state index in [1.165, 1.54) is 24.5 Å². The van der Waals surface area contributed by atoms with Crippen LogP contribution in [0.25, 0.3) is 11.0 Å². The summed E-state index contributed by atoms with van der Waals surface area (Å²) in [5.74, 6) is -0.295. The van der Waals surface area contributed by atoms with Crippen LogP contribution in [0.3, 0.4) is 0 Å². The van der Waals surface area contributed by atoms with Gasteiger partial charge in [-0.3, -0.25) is 9.36 Å². The van der Waals surface area contributed by atoms with Crippen molar-refractivity contribution < 1.29 is 4.39 Å². The normalized spacial score (nSPS) is 10.8. The third kappa shape index (κ3) is 2.22. The molecule has 0 spiro atoms. The van der Waals surface area contributed by atoms with Crippen LogP contribution in [0.15, 0.2) is 53.7 Å². The molecular formula is C14H10FN3O. The molecule has 0 aliphatic rings. The molecule has 0 aliphatic carbocycles. The molecule has 0 fully saturated rings. The first kappa shape index (κ1) is 11.5. The Labute approximate surface area is 108 Å². The summed E-state index contributed by atoms with van der Waals surface area (Å²) in [6.07, 6.45) is 3.06. The molecule has 2 heterocycles. The third-order valence-electron chi connectivity index (χ3n) is 2.90. The van der Waals surface area contributed by atoms with Gasteiger partial charge in [-0.25, -0.2) is 14.4 Å². The van der Waals surface area contributed by atoms with E-state index in [2.05, 4.69) is 9.97 Å². The zero-order chi connectivity index (χ0) is 13.2. The van der Waals surface area contributed by atoms with Gasteiger partial charge in [0.2, 0.25) is 0 Å². The van der Waals surface area contributed by atoms with Gasteiger partial charge >= 0.3 is 0 Å². The smallest absolute Gasteiger partial charge is 0.252 e. The third-order valence-corrected chi connectivity index (χ3v) is 2.90. The van der Waals surface area contributed by atoms with Crippen LogP contribution < -0.4 is 5.56 Å². The van der Waals surface area contributed by atoms with Gasteiger partial charge in [-0.05, 0) is 23.8 Å². The molecule has 4 nitrogen and oxygen atoms in total. The SMILES string of the molecule is O=c1ccc2cncnc2n1Cc1ccc(F)cc1. The standard InChI is InChI=1S/C14H10FN3O/c15-12-4-1-10(2-5-12)8-18-13(19)6-3-11-7-16-9-17-14(11)18/h1-7,9H,8H2. The van der Waals surface area contributed by atoms with E-state index < -0.39 is 0 Å². The largest absolute Gasteiger partial charge is 0.288 e. The van der Waals surface area contributed by atoms with Crippen LogP contribution in [-0.2, 0) is 6.54 Å². The van der Waals surface area contributed by atoms with Crippen LogP contribution in [0.4, 0.5) is 4.39 Å². The van der Waals surface area contributed by atoms with Crippen molar-refractivity contribution in [2.24, 2.45) is 0 Å². The molecule has 5 heteroatoms. The van der Waals surface area contributed by atoms with Crippen LogP contribution in [0, 0.1) is 5.82 Å². The lowest BCUT2D eigenvalue weighted by atomic mass is 10.2. The number of aromatic nitrogens is 3. The number of pyridine rings is 1. The van der Waals surface area contributed by atoms with Gasteiger partial charge in [0.1, 0.15) is 17.8 Å². The summed E-state index contributed by atoms with van der Waals surface area (Å²) in [6, 6.07) is 9.23. The molecule has 0 bridgehead atoms. The topological polar surface area (TPSA) is 47.8 Å². The van der Waals surface area contributed by atoms with Gasteiger partial charge in [0.15, 0.2) is 0 Å². The molecule has 0 N–H and O–H groups in total. The number of fused-ring (bicyclic) bond motifs is 1. The van der Waals surface area contributed by atoms with Gasteiger partial charge in [-0.2, -0.15) is 0 Å². The molecule has 1 aromatic carbocycles. The summed E-state index contributed by atoms with van der Waals surface area (Å²) >= 11 is 0. The van der Waals surface area contributed by atoms with Crippen LogP contribution in [0.5, 0.6) is 0 Å². The molecule has 19 heavy (non-hydrogen) atoms. The number of hydrogen-bond donors (Lipinski definition) is 0. The molecule has 2 aromatic heterocycles. The molecule has 0 unspecified atom stereocenters. The number of benzene rings is 1. The zero-order valence-electron chi connectivity index (χ0n) is 9.95. The second-order valence-corrected chi connectivity index (χ2v) is 4.19. The fourth-order valence-corrected chi connectivity index (χ4v) is 1.96. The van der Waals surface area contributed by atoms with Crippen molar-refractivity contribution in [3.05, 3.63) is 70.7 Å². The van der Waals surface area contributed by atoms with Crippen molar-refractivity contribution in [3.63, 3.8) is 0 Å². The first-order valence-electron chi connectivity index (χ1n) is 5.78. The molecule has 3 aromatic rings. The molecule has 3 rings (SSSR count). The first-order chi connectivity index (χ1) is 9.24. The van der Waals surface area contributed by atoms with E-state index in [1.807, 2.05) is 0 Å². The van der Waals surface area contributed by atoms with Gasteiger partial charge in [-0.1, -0.05) is 12.1 Å². The molecule has 0 radical (unpaired) electrons. The van der Waals surface area contributed by atoms with E-state index in [0.29, 0.717) is 12.2 Å². The van der Waals surface area contributed by atoms with E-state index in [0.717, 1.165) is 10.9 Å². The molecule has 94 valence electrons. The molecule has 0 atom stereocenters. The molecule has 0 aliphatic heterocycles. The number of nitrogens with zero attached hydrogens (tertiary/aromatic N) is 3. The Morgan fingerprint density at radius 2 is 1.89 bits per heavy atom. The average molecular weight is 255 g/mol. The number of halogens is 1. The highest BCUT2D eigenvalue weighted by molar-refractivity contribution is 5.73. The van der Waals surface area contributed by atoms with E-state index in [9.17, 15) is 9.18 Å². The summed E-state index contributed by atoms with van der Waals surface area (Å²) in [5, 5.41) is 0.796. The Balaban J connectivity index is 2.12. The van der Waals surface area contributed by atoms with Crippen molar-refractivity contribution in [1.82, 2.24) is 14.5 Å². The summed E-state index contributed by atoms with van der Waals surface area (Å²) in [6.45, 7) is 0.355. The van der Waals surface area contributed by atoms with E-state index in [-0.39, 0.29) is 11.4 Å². The monoisotopic (exact) mass is 255 g/mol. The second kappa shape index (κ2) is 4.61. The summed E-state index contributed by atoms with van der Waals surface area (Å²) in [7, 11) is 0. The predicted molar refractivity (Wildman–Crippen MR) is 69.3 cm³/mol. The van der Waals surface area contributed by atoms with Crippen molar-refractivity contribution in [2.45, 2.75) is 6.54 Å². The van der Waals surface area contributed by atoms with Crippen LogP contribution in [0.2, 0.25) is 0 Å². The first-order valence-corrected chi connectivity index (χ1v) is 5.78. The lowest BCUT2D eigenvalue weighted by Crippen LogP contribution is -2.20. The summed E-state index contributed by atoms with van der Waals surface area (Å²) in [5.41, 5.74) is 1.27. The average Bonchev–Trinajstić information content (AvgIpc) is 2.44. The molecule has 0 amide bonds.